The second-order valence-electron chi connectivity index (χ2n) is 7.17. The lowest BCUT2D eigenvalue weighted by atomic mass is 10.2. The molecule has 0 spiro atoms. The van der Waals surface area contributed by atoms with Gasteiger partial charge in [-0.05, 0) is 54.4 Å². The standard InChI is InChI=1S/C23H21ClN4O5S/c1-14-16(24)6-4-8-20(14)34(29,30)28-22-23(27-21-17(26-22)7-5-11-25-21)33-13-15-9-10-18(31-2)19(12-15)32-3/h4-12H,13H2,1-3H3,(H,26,28). The first-order valence-corrected chi connectivity index (χ1v) is 11.9. The number of pyridine rings is 1. The van der Waals surface area contributed by atoms with E-state index in [4.69, 9.17) is 25.8 Å². The third kappa shape index (κ3) is 4.82. The number of rotatable bonds is 8. The van der Waals surface area contributed by atoms with Gasteiger partial charge in [0, 0.05) is 11.2 Å². The molecule has 0 aliphatic rings. The van der Waals surface area contributed by atoms with Crippen molar-refractivity contribution in [1.29, 1.82) is 0 Å². The van der Waals surface area contributed by atoms with Crippen LogP contribution in [0.1, 0.15) is 11.1 Å². The second kappa shape index (κ2) is 9.70. The summed E-state index contributed by atoms with van der Waals surface area (Å²) in [4.78, 5) is 13.0. The zero-order valence-corrected chi connectivity index (χ0v) is 20.1. The topological polar surface area (TPSA) is 113 Å². The van der Waals surface area contributed by atoms with E-state index >= 15 is 0 Å². The molecule has 4 aromatic rings. The van der Waals surface area contributed by atoms with Gasteiger partial charge in [-0.15, -0.1) is 0 Å². The summed E-state index contributed by atoms with van der Waals surface area (Å²) in [5.74, 6) is 1.02. The van der Waals surface area contributed by atoms with Crippen molar-refractivity contribution in [3.05, 3.63) is 70.9 Å². The first-order valence-electron chi connectivity index (χ1n) is 10.1. The monoisotopic (exact) mass is 500 g/mol. The largest absolute Gasteiger partial charge is 0.493 e. The van der Waals surface area contributed by atoms with E-state index in [2.05, 4.69) is 19.7 Å². The average Bonchev–Trinajstić information content (AvgIpc) is 2.83. The SMILES string of the molecule is COc1ccc(COc2nc3ncccc3nc2NS(=O)(=O)c2cccc(Cl)c2C)cc1OC. The molecular weight excluding hydrogens is 480 g/mol. The van der Waals surface area contributed by atoms with Gasteiger partial charge >= 0.3 is 0 Å². The Hall–Kier alpha value is -3.63. The van der Waals surface area contributed by atoms with E-state index in [0.717, 1.165) is 5.56 Å². The van der Waals surface area contributed by atoms with Gasteiger partial charge in [-0.25, -0.2) is 18.4 Å². The molecule has 9 nitrogen and oxygen atoms in total. The van der Waals surface area contributed by atoms with Gasteiger partial charge in [0.2, 0.25) is 5.82 Å². The summed E-state index contributed by atoms with van der Waals surface area (Å²) in [5, 5.41) is 0.335. The van der Waals surface area contributed by atoms with Crippen LogP contribution in [-0.2, 0) is 16.6 Å². The van der Waals surface area contributed by atoms with Gasteiger partial charge < -0.3 is 14.2 Å². The maximum absolute atomic E-state index is 13.2. The number of hydrogen-bond acceptors (Lipinski definition) is 8. The van der Waals surface area contributed by atoms with Crippen LogP contribution in [0.2, 0.25) is 5.02 Å². The molecule has 0 amide bonds. The molecule has 0 radical (unpaired) electrons. The van der Waals surface area contributed by atoms with Crippen LogP contribution < -0.4 is 18.9 Å². The molecule has 4 rings (SSSR count). The number of sulfonamides is 1. The number of nitrogens with zero attached hydrogens (tertiary/aromatic N) is 3. The lowest BCUT2D eigenvalue weighted by Crippen LogP contribution is -2.17. The molecule has 1 N–H and O–H groups in total. The van der Waals surface area contributed by atoms with Crippen molar-refractivity contribution < 1.29 is 22.6 Å². The Kier molecular flexibility index (Phi) is 6.71. The fraction of sp³-hybridized carbons (Fsp3) is 0.174. The number of hydrogen-bond donors (Lipinski definition) is 1. The predicted molar refractivity (Wildman–Crippen MR) is 128 cm³/mol. The molecule has 0 unspecified atom stereocenters. The lowest BCUT2D eigenvalue weighted by Gasteiger charge is -2.15. The molecule has 2 aromatic heterocycles. The Balaban J connectivity index is 1.70. The zero-order valence-electron chi connectivity index (χ0n) is 18.6. The highest BCUT2D eigenvalue weighted by atomic mass is 35.5. The summed E-state index contributed by atoms with van der Waals surface area (Å²) < 4.78 is 45.2. The van der Waals surface area contributed by atoms with Gasteiger partial charge in [-0.2, -0.15) is 4.98 Å². The number of nitrogens with one attached hydrogen (secondary N) is 1. The molecule has 0 saturated heterocycles. The van der Waals surface area contributed by atoms with E-state index in [1.807, 2.05) is 0 Å². The van der Waals surface area contributed by atoms with Crippen LogP contribution in [0.4, 0.5) is 5.82 Å². The van der Waals surface area contributed by atoms with E-state index in [9.17, 15) is 8.42 Å². The highest BCUT2D eigenvalue weighted by Crippen LogP contribution is 2.31. The summed E-state index contributed by atoms with van der Waals surface area (Å²) in [7, 11) is -0.951. The van der Waals surface area contributed by atoms with Crippen LogP contribution in [0.3, 0.4) is 0 Å². The third-order valence-corrected chi connectivity index (χ3v) is 6.86. The Labute approximate surface area is 201 Å². The summed E-state index contributed by atoms with van der Waals surface area (Å²) in [6, 6.07) is 13.3. The first-order chi connectivity index (χ1) is 16.3. The Morgan fingerprint density at radius 2 is 1.79 bits per heavy atom. The molecule has 2 heterocycles. The molecular formula is C23H21ClN4O5S. The van der Waals surface area contributed by atoms with Crippen LogP contribution in [0.5, 0.6) is 17.4 Å². The van der Waals surface area contributed by atoms with Gasteiger partial charge in [-0.3, -0.25) is 4.72 Å². The zero-order chi connectivity index (χ0) is 24.3. The van der Waals surface area contributed by atoms with Crippen molar-refractivity contribution in [2.24, 2.45) is 0 Å². The third-order valence-electron chi connectivity index (χ3n) is 4.97. The first kappa shape index (κ1) is 23.5. The smallest absolute Gasteiger partial charge is 0.263 e. The molecule has 0 saturated carbocycles. The van der Waals surface area contributed by atoms with Crippen LogP contribution in [0, 0.1) is 6.92 Å². The highest BCUT2D eigenvalue weighted by molar-refractivity contribution is 7.92. The molecule has 0 bridgehead atoms. The Morgan fingerprint density at radius 1 is 1.00 bits per heavy atom. The molecule has 176 valence electrons. The van der Waals surface area contributed by atoms with Gasteiger partial charge in [0.15, 0.2) is 17.1 Å². The summed E-state index contributed by atoms with van der Waals surface area (Å²) >= 11 is 6.12. The Morgan fingerprint density at radius 3 is 2.56 bits per heavy atom. The fourth-order valence-electron chi connectivity index (χ4n) is 3.23. The molecule has 2 aromatic carbocycles. The minimum absolute atomic E-state index is 0.0239. The maximum atomic E-state index is 13.2. The number of aromatic nitrogens is 3. The van der Waals surface area contributed by atoms with Crippen molar-refractivity contribution in [2.75, 3.05) is 18.9 Å². The second-order valence-corrected chi connectivity index (χ2v) is 9.23. The van der Waals surface area contributed by atoms with Gasteiger partial charge in [0.05, 0.1) is 19.1 Å². The highest BCUT2D eigenvalue weighted by Gasteiger charge is 2.22. The van der Waals surface area contributed by atoms with Crippen LogP contribution in [0.25, 0.3) is 11.2 Å². The van der Waals surface area contributed by atoms with Crippen LogP contribution in [0.15, 0.2) is 59.6 Å². The summed E-state index contributed by atoms with van der Waals surface area (Å²) in [5.41, 5.74) is 1.88. The molecule has 0 atom stereocenters. The van der Waals surface area contributed by atoms with Crippen molar-refractivity contribution in [2.45, 2.75) is 18.4 Å². The quantitative estimate of drug-likeness (QED) is 0.379. The van der Waals surface area contributed by atoms with E-state index in [1.54, 1.807) is 62.7 Å². The fourth-order valence-corrected chi connectivity index (χ4v) is 4.73. The van der Waals surface area contributed by atoms with E-state index in [-0.39, 0.29) is 23.2 Å². The number of halogens is 1. The molecule has 11 heteroatoms. The molecule has 34 heavy (non-hydrogen) atoms. The minimum Gasteiger partial charge on any atom is -0.493 e. The summed E-state index contributed by atoms with van der Waals surface area (Å²) in [6.45, 7) is 1.69. The van der Waals surface area contributed by atoms with Crippen molar-refractivity contribution >= 4 is 38.6 Å². The number of ether oxygens (including phenoxy) is 3. The Bertz CT molecular complexity index is 1460. The number of anilines is 1. The lowest BCUT2D eigenvalue weighted by molar-refractivity contribution is 0.294. The predicted octanol–water partition coefficient (Wildman–Crippen LogP) is 4.38. The number of fused-ring (bicyclic) bond motifs is 1. The van der Waals surface area contributed by atoms with Crippen LogP contribution in [-0.4, -0.2) is 37.6 Å². The van der Waals surface area contributed by atoms with E-state index in [1.165, 1.54) is 13.2 Å². The van der Waals surface area contributed by atoms with Gasteiger partial charge in [-0.1, -0.05) is 23.7 Å². The molecule has 0 fully saturated rings. The van der Waals surface area contributed by atoms with Gasteiger partial charge in [0.1, 0.15) is 12.1 Å². The number of methoxy groups -OCH3 is 2. The average molecular weight is 501 g/mol. The van der Waals surface area contributed by atoms with Gasteiger partial charge in [0.25, 0.3) is 15.9 Å². The molecule has 0 aliphatic heterocycles. The van der Waals surface area contributed by atoms with E-state index < -0.39 is 10.0 Å². The van der Waals surface area contributed by atoms with E-state index in [0.29, 0.717) is 33.2 Å². The minimum atomic E-state index is -4.03. The molecule has 0 aliphatic carbocycles. The van der Waals surface area contributed by atoms with Crippen LogP contribution >= 0.6 is 11.6 Å². The summed E-state index contributed by atoms with van der Waals surface area (Å²) in [6.07, 6.45) is 1.56. The normalized spacial score (nSPS) is 11.3. The number of benzene rings is 2. The van der Waals surface area contributed by atoms with Crippen molar-refractivity contribution in [1.82, 2.24) is 15.0 Å². The maximum Gasteiger partial charge on any atom is 0.263 e. The van der Waals surface area contributed by atoms with Crippen molar-refractivity contribution in [3.8, 4) is 17.4 Å². The van der Waals surface area contributed by atoms with Crippen molar-refractivity contribution in [3.63, 3.8) is 0 Å².